The second-order valence-electron chi connectivity index (χ2n) is 7.43. The SMILES string of the molecule is CNc1cnccc1C1CCCC(c2ccccc2-c2cccc(C=O)n2)C1. The molecule has 2 unspecified atom stereocenters. The maximum absolute atomic E-state index is 11.2. The number of aromatic nitrogens is 2. The van der Waals surface area contributed by atoms with Gasteiger partial charge in [-0.2, -0.15) is 0 Å². The zero-order valence-electron chi connectivity index (χ0n) is 16.1. The van der Waals surface area contributed by atoms with Crippen molar-refractivity contribution >= 4 is 12.0 Å². The molecule has 2 atom stereocenters. The van der Waals surface area contributed by atoms with E-state index < -0.39 is 0 Å². The summed E-state index contributed by atoms with van der Waals surface area (Å²) in [6, 6.07) is 16.3. The first kappa shape index (κ1) is 18.4. The topological polar surface area (TPSA) is 54.9 Å². The summed E-state index contributed by atoms with van der Waals surface area (Å²) < 4.78 is 0. The Morgan fingerprint density at radius 1 is 1.00 bits per heavy atom. The van der Waals surface area contributed by atoms with Crippen LogP contribution in [0, 0.1) is 0 Å². The Hall–Kier alpha value is -3.01. The Labute approximate surface area is 166 Å². The lowest BCUT2D eigenvalue weighted by Gasteiger charge is -2.31. The van der Waals surface area contributed by atoms with E-state index in [0.29, 0.717) is 17.5 Å². The summed E-state index contributed by atoms with van der Waals surface area (Å²) in [5.41, 5.74) is 6.32. The van der Waals surface area contributed by atoms with Crippen LogP contribution in [0.3, 0.4) is 0 Å². The van der Waals surface area contributed by atoms with Crippen molar-refractivity contribution in [3.63, 3.8) is 0 Å². The lowest BCUT2D eigenvalue weighted by Crippen LogP contribution is -2.15. The molecule has 142 valence electrons. The molecule has 0 radical (unpaired) electrons. The minimum absolute atomic E-state index is 0.476. The number of benzene rings is 1. The first-order valence-corrected chi connectivity index (χ1v) is 9.93. The van der Waals surface area contributed by atoms with Crippen LogP contribution in [0.15, 0.2) is 60.9 Å². The van der Waals surface area contributed by atoms with E-state index in [1.807, 2.05) is 31.6 Å². The molecule has 1 saturated carbocycles. The van der Waals surface area contributed by atoms with E-state index in [2.05, 4.69) is 45.6 Å². The van der Waals surface area contributed by atoms with Crippen molar-refractivity contribution in [2.45, 2.75) is 37.5 Å². The highest BCUT2D eigenvalue weighted by molar-refractivity contribution is 5.74. The van der Waals surface area contributed by atoms with Gasteiger partial charge in [0.1, 0.15) is 5.69 Å². The Balaban J connectivity index is 1.67. The molecule has 0 amide bonds. The quantitative estimate of drug-likeness (QED) is 0.607. The van der Waals surface area contributed by atoms with E-state index >= 15 is 0 Å². The lowest BCUT2D eigenvalue weighted by molar-refractivity contribution is 0.111. The average molecular weight is 371 g/mol. The Morgan fingerprint density at radius 3 is 2.64 bits per heavy atom. The van der Waals surface area contributed by atoms with Crippen molar-refractivity contribution in [2.75, 3.05) is 12.4 Å². The van der Waals surface area contributed by atoms with Gasteiger partial charge in [0.15, 0.2) is 6.29 Å². The minimum Gasteiger partial charge on any atom is -0.387 e. The third-order valence-corrected chi connectivity index (χ3v) is 5.81. The summed E-state index contributed by atoms with van der Waals surface area (Å²) in [6.45, 7) is 0. The van der Waals surface area contributed by atoms with Gasteiger partial charge in [-0.3, -0.25) is 9.78 Å². The van der Waals surface area contributed by atoms with Crippen molar-refractivity contribution in [1.82, 2.24) is 9.97 Å². The minimum atomic E-state index is 0.476. The van der Waals surface area contributed by atoms with Gasteiger partial charge < -0.3 is 5.32 Å². The van der Waals surface area contributed by atoms with Crippen LogP contribution in [-0.2, 0) is 0 Å². The smallest absolute Gasteiger partial charge is 0.168 e. The molecule has 2 heterocycles. The summed E-state index contributed by atoms with van der Waals surface area (Å²) >= 11 is 0. The van der Waals surface area contributed by atoms with Crippen LogP contribution in [0.5, 0.6) is 0 Å². The molecule has 4 heteroatoms. The van der Waals surface area contributed by atoms with Gasteiger partial charge in [-0.05, 0) is 60.4 Å². The van der Waals surface area contributed by atoms with Crippen LogP contribution >= 0.6 is 0 Å². The molecule has 1 aromatic carbocycles. The number of carbonyl (C=O) groups is 1. The van der Waals surface area contributed by atoms with Crippen molar-refractivity contribution in [1.29, 1.82) is 0 Å². The monoisotopic (exact) mass is 371 g/mol. The normalized spacial score (nSPS) is 19.2. The molecular weight excluding hydrogens is 346 g/mol. The van der Waals surface area contributed by atoms with Crippen LogP contribution in [0.1, 0.15) is 59.1 Å². The number of nitrogens with one attached hydrogen (secondary N) is 1. The average Bonchev–Trinajstić information content (AvgIpc) is 2.79. The number of nitrogens with zero attached hydrogens (tertiary/aromatic N) is 2. The van der Waals surface area contributed by atoms with E-state index in [9.17, 15) is 4.79 Å². The molecule has 2 aromatic heterocycles. The Kier molecular flexibility index (Phi) is 5.47. The van der Waals surface area contributed by atoms with Gasteiger partial charge in [0.2, 0.25) is 0 Å². The van der Waals surface area contributed by atoms with E-state index in [-0.39, 0.29) is 0 Å². The zero-order chi connectivity index (χ0) is 19.3. The second-order valence-corrected chi connectivity index (χ2v) is 7.43. The molecule has 0 bridgehead atoms. The Morgan fingerprint density at radius 2 is 1.82 bits per heavy atom. The lowest BCUT2D eigenvalue weighted by atomic mass is 9.74. The maximum atomic E-state index is 11.2. The third-order valence-electron chi connectivity index (χ3n) is 5.81. The predicted molar refractivity (Wildman–Crippen MR) is 113 cm³/mol. The van der Waals surface area contributed by atoms with Crippen LogP contribution in [-0.4, -0.2) is 23.3 Å². The number of rotatable bonds is 5. The third kappa shape index (κ3) is 3.68. The van der Waals surface area contributed by atoms with Gasteiger partial charge in [-0.1, -0.05) is 36.8 Å². The van der Waals surface area contributed by atoms with E-state index in [1.54, 1.807) is 6.07 Å². The van der Waals surface area contributed by atoms with Crippen LogP contribution in [0.2, 0.25) is 0 Å². The van der Waals surface area contributed by atoms with Crippen LogP contribution in [0.25, 0.3) is 11.3 Å². The van der Waals surface area contributed by atoms with Gasteiger partial charge in [0, 0.05) is 18.8 Å². The van der Waals surface area contributed by atoms with Gasteiger partial charge in [-0.15, -0.1) is 0 Å². The fraction of sp³-hybridized carbons (Fsp3) is 0.292. The van der Waals surface area contributed by atoms with Crippen LogP contribution in [0.4, 0.5) is 5.69 Å². The number of hydrogen-bond donors (Lipinski definition) is 1. The number of aldehydes is 1. The first-order valence-electron chi connectivity index (χ1n) is 9.93. The summed E-state index contributed by atoms with van der Waals surface area (Å²) in [4.78, 5) is 20.0. The zero-order valence-corrected chi connectivity index (χ0v) is 16.1. The van der Waals surface area contributed by atoms with Crippen molar-refractivity contribution in [3.05, 3.63) is 77.7 Å². The summed E-state index contributed by atoms with van der Waals surface area (Å²) in [6.07, 6.45) is 9.33. The fourth-order valence-electron chi connectivity index (χ4n) is 4.48. The van der Waals surface area contributed by atoms with Gasteiger partial charge in [0.05, 0.1) is 17.6 Å². The van der Waals surface area contributed by atoms with Crippen molar-refractivity contribution in [3.8, 4) is 11.3 Å². The molecule has 1 N–H and O–H groups in total. The Bertz CT molecular complexity index is 969. The molecular formula is C24H25N3O. The molecule has 0 aliphatic heterocycles. The summed E-state index contributed by atoms with van der Waals surface area (Å²) in [7, 11) is 1.96. The molecule has 1 fully saturated rings. The highest BCUT2D eigenvalue weighted by atomic mass is 16.1. The van der Waals surface area contributed by atoms with Gasteiger partial charge in [0.25, 0.3) is 0 Å². The maximum Gasteiger partial charge on any atom is 0.168 e. The highest BCUT2D eigenvalue weighted by Gasteiger charge is 2.27. The predicted octanol–water partition coefficient (Wildman–Crippen LogP) is 5.44. The molecule has 0 saturated heterocycles. The number of hydrogen-bond acceptors (Lipinski definition) is 4. The molecule has 28 heavy (non-hydrogen) atoms. The molecule has 4 rings (SSSR count). The first-order chi connectivity index (χ1) is 13.8. The van der Waals surface area contributed by atoms with E-state index in [0.717, 1.165) is 29.7 Å². The molecule has 4 nitrogen and oxygen atoms in total. The highest BCUT2D eigenvalue weighted by Crippen LogP contribution is 2.45. The molecule has 1 aliphatic carbocycles. The summed E-state index contributed by atoms with van der Waals surface area (Å²) in [5, 5.41) is 3.29. The van der Waals surface area contributed by atoms with E-state index in [4.69, 9.17) is 0 Å². The second kappa shape index (κ2) is 8.34. The van der Waals surface area contributed by atoms with Crippen molar-refractivity contribution in [2.24, 2.45) is 0 Å². The number of anilines is 1. The van der Waals surface area contributed by atoms with Gasteiger partial charge in [-0.25, -0.2) is 4.98 Å². The van der Waals surface area contributed by atoms with Crippen molar-refractivity contribution < 1.29 is 4.79 Å². The number of pyridine rings is 2. The largest absolute Gasteiger partial charge is 0.387 e. The summed E-state index contributed by atoms with van der Waals surface area (Å²) in [5.74, 6) is 1.00. The van der Waals surface area contributed by atoms with Gasteiger partial charge >= 0.3 is 0 Å². The molecule has 0 spiro atoms. The number of carbonyl (C=O) groups excluding carboxylic acids is 1. The molecule has 3 aromatic rings. The van der Waals surface area contributed by atoms with E-state index in [1.165, 1.54) is 30.4 Å². The fourth-order valence-corrected chi connectivity index (χ4v) is 4.48. The molecule has 1 aliphatic rings. The van der Waals surface area contributed by atoms with Crippen LogP contribution < -0.4 is 5.32 Å². The standard InChI is InChI=1S/C24H25N3O/c1-25-24-15-26-13-12-21(24)18-7-4-6-17(14-18)20-9-2-3-10-22(20)23-11-5-8-19(16-28)27-23/h2-3,5,8-13,15-18,25H,4,6-7,14H2,1H3.